The largest absolute Gasteiger partial charge is 0.379 e. The zero-order valence-corrected chi connectivity index (χ0v) is 18.4. The average Bonchev–Trinajstić information content (AvgIpc) is 2.74. The van der Waals surface area contributed by atoms with Crippen molar-refractivity contribution < 1.29 is 17.9 Å². The minimum absolute atomic E-state index is 0.0445. The second-order valence-corrected chi connectivity index (χ2v) is 9.42. The van der Waals surface area contributed by atoms with Crippen molar-refractivity contribution in [2.45, 2.75) is 56.9 Å². The van der Waals surface area contributed by atoms with E-state index in [1.54, 1.807) is 31.2 Å². The molecule has 2 aromatic rings. The second-order valence-electron chi connectivity index (χ2n) is 7.77. The summed E-state index contributed by atoms with van der Waals surface area (Å²) in [5.74, 6) is -0.290. The van der Waals surface area contributed by atoms with Crippen LogP contribution in [0.5, 0.6) is 0 Å². The molecule has 0 aliphatic carbocycles. The molecule has 0 spiro atoms. The lowest BCUT2D eigenvalue weighted by molar-refractivity contribution is 0.0624. The van der Waals surface area contributed by atoms with Crippen LogP contribution >= 0.6 is 0 Å². The van der Waals surface area contributed by atoms with Gasteiger partial charge in [0, 0.05) is 17.9 Å². The molecule has 1 fully saturated rings. The van der Waals surface area contributed by atoms with Crippen molar-refractivity contribution >= 4 is 21.6 Å². The SMILES string of the molecule is CCCCc1ccc(NS(=O)(=O)c2cc(C(=O)NC3CCCOC3)ccc2C)cc1. The Labute approximate surface area is 179 Å². The number of carbonyl (C=O) groups excluding carboxylic acids is 1. The van der Waals surface area contributed by atoms with Gasteiger partial charge in [0.2, 0.25) is 0 Å². The van der Waals surface area contributed by atoms with Crippen LogP contribution in [0.15, 0.2) is 47.4 Å². The Morgan fingerprint density at radius 2 is 1.93 bits per heavy atom. The normalized spacial score (nSPS) is 16.8. The molecule has 0 aromatic heterocycles. The first-order chi connectivity index (χ1) is 14.4. The summed E-state index contributed by atoms with van der Waals surface area (Å²) in [6, 6.07) is 12.1. The van der Waals surface area contributed by atoms with Gasteiger partial charge in [-0.1, -0.05) is 31.5 Å². The average molecular weight is 431 g/mol. The number of rotatable bonds is 8. The van der Waals surface area contributed by atoms with Gasteiger partial charge in [-0.2, -0.15) is 0 Å². The van der Waals surface area contributed by atoms with Gasteiger partial charge in [-0.15, -0.1) is 0 Å². The smallest absolute Gasteiger partial charge is 0.262 e. The number of aryl methyl sites for hydroxylation is 2. The number of ether oxygens (including phenoxy) is 1. The molecule has 0 bridgehead atoms. The molecule has 2 N–H and O–H groups in total. The van der Waals surface area contributed by atoms with E-state index in [1.807, 2.05) is 12.1 Å². The van der Waals surface area contributed by atoms with Crippen LogP contribution in [0.2, 0.25) is 0 Å². The van der Waals surface area contributed by atoms with Crippen LogP contribution in [0, 0.1) is 6.92 Å². The van der Waals surface area contributed by atoms with E-state index in [9.17, 15) is 13.2 Å². The molecule has 1 amide bonds. The summed E-state index contributed by atoms with van der Waals surface area (Å²) in [7, 11) is -3.82. The molecule has 0 saturated carbocycles. The molecule has 6 nitrogen and oxygen atoms in total. The van der Waals surface area contributed by atoms with Crippen LogP contribution in [0.1, 0.15) is 54.1 Å². The molecule has 2 aromatic carbocycles. The molecule has 162 valence electrons. The summed E-state index contributed by atoms with van der Waals surface area (Å²) >= 11 is 0. The highest BCUT2D eigenvalue weighted by Crippen LogP contribution is 2.22. The molecule has 1 atom stereocenters. The molecule has 1 saturated heterocycles. The lowest BCUT2D eigenvalue weighted by Gasteiger charge is -2.23. The van der Waals surface area contributed by atoms with Gasteiger partial charge >= 0.3 is 0 Å². The van der Waals surface area contributed by atoms with Crippen LogP contribution in [-0.4, -0.2) is 33.6 Å². The Morgan fingerprint density at radius 3 is 2.60 bits per heavy atom. The zero-order chi connectivity index (χ0) is 21.6. The van der Waals surface area contributed by atoms with E-state index in [2.05, 4.69) is 17.0 Å². The molecule has 1 aliphatic heterocycles. The van der Waals surface area contributed by atoms with Gasteiger partial charge in [0.1, 0.15) is 0 Å². The van der Waals surface area contributed by atoms with E-state index in [0.717, 1.165) is 32.1 Å². The van der Waals surface area contributed by atoms with Crippen molar-refractivity contribution in [2.75, 3.05) is 17.9 Å². The third-order valence-corrected chi connectivity index (χ3v) is 6.78. The predicted molar refractivity (Wildman–Crippen MR) is 118 cm³/mol. The number of hydrogen-bond donors (Lipinski definition) is 2. The van der Waals surface area contributed by atoms with E-state index in [4.69, 9.17) is 4.74 Å². The third kappa shape index (κ3) is 5.83. The quantitative estimate of drug-likeness (QED) is 0.662. The fourth-order valence-corrected chi connectivity index (χ4v) is 4.81. The maximum Gasteiger partial charge on any atom is 0.262 e. The number of unbranched alkanes of at least 4 members (excludes halogenated alkanes) is 1. The first-order valence-corrected chi connectivity index (χ1v) is 12.0. The lowest BCUT2D eigenvalue weighted by Crippen LogP contribution is -2.40. The lowest BCUT2D eigenvalue weighted by atomic mass is 10.1. The topological polar surface area (TPSA) is 84.5 Å². The van der Waals surface area contributed by atoms with Gasteiger partial charge in [-0.3, -0.25) is 9.52 Å². The summed E-state index contributed by atoms with van der Waals surface area (Å²) < 4.78 is 34.0. The molecule has 1 aliphatic rings. The number of anilines is 1. The van der Waals surface area contributed by atoms with Crippen LogP contribution in [0.4, 0.5) is 5.69 Å². The number of amides is 1. The van der Waals surface area contributed by atoms with E-state index in [1.165, 1.54) is 11.6 Å². The second kappa shape index (κ2) is 10.1. The van der Waals surface area contributed by atoms with Crippen LogP contribution < -0.4 is 10.0 Å². The zero-order valence-electron chi connectivity index (χ0n) is 17.6. The van der Waals surface area contributed by atoms with Crippen LogP contribution in [-0.2, 0) is 21.2 Å². The fraction of sp³-hybridized carbons (Fsp3) is 0.435. The Bertz CT molecular complexity index is 965. The van der Waals surface area contributed by atoms with Gasteiger partial charge in [0.05, 0.1) is 17.5 Å². The molecule has 0 radical (unpaired) electrons. The van der Waals surface area contributed by atoms with E-state index in [0.29, 0.717) is 30.0 Å². The van der Waals surface area contributed by atoms with Crippen molar-refractivity contribution in [1.82, 2.24) is 5.32 Å². The Balaban J connectivity index is 1.74. The molecule has 3 rings (SSSR count). The maximum absolute atomic E-state index is 13.0. The minimum atomic E-state index is -3.82. The summed E-state index contributed by atoms with van der Waals surface area (Å²) in [5.41, 5.74) is 2.59. The first-order valence-electron chi connectivity index (χ1n) is 10.5. The highest BCUT2D eigenvalue weighted by Gasteiger charge is 2.21. The van der Waals surface area contributed by atoms with Crippen molar-refractivity contribution in [3.63, 3.8) is 0 Å². The Morgan fingerprint density at radius 1 is 1.17 bits per heavy atom. The summed E-state index contributed by atoms with van der Waals surface area (Å²) in [4.78, 5) is 12.7. The van der Waals surface area contributed by atoms with Gasteiger partial charge in [0.15, 0.2) is 0 Å². The number of benzene rings is 2. The fourth-order valence-electron chi connectivity index (χ4n) is 3.48. The highest BCUT2D eigenvalue weighted by atomic mass is 32.2. The maximum atomic E-state index is 13.0. The number of sulfonamides is 1. The Kier molecular flexibility index (Phi) is 7.50. The summed E-state index contributed by atoms with van der Waals surface area (Å²) in [6.45, 7) is 5.06. The number of carbonyl (C=O) groups is 1. The molecule has 1 heterocycles. The van der Waals surface area contributed by atoms with Gasteiger partial charge in [-0.25, -0.2) is 8.42 Å². The first kappa shape index (κ1) is 22.3. The van der Waals surface area contributed by atoms with Crippen molar-refractivity contribution in [2.24, 2.45) is 0 Å². The van der Waals surface area contributed by atoms with Crippen molar-refractivity contribution in [3.05, 3.63) is 59.2 Å². The van der Waals surface area contributed by atoms with Gasteiger partial charge < -0.3 is 10.1 Å². The van der Waals surface area contributed by atoms with E-state index < -0.39 is 10.0 Å². The van der Waals surface area contributed by atoms with Crippen LogP contribution in [0.3, 0.4) is 0 Å². The molecule has 30 heavy (non-hydrogen) atoms. The Hall–Kier alpha value is -2.38. The summed E-state index contributed by atoms with van der Waals surface area (Å²) in [5, 5.41) is 2.93. The molecule has 7 heteroatoms. The monoisotopic (exact) mass is 430 g/mol. The van der Waals surface area contributed by atoms with Crippen molar-refractivity contribution in [3.8, 4) is 0 Å². The summed E-state index contributed by atoms with van der Waals surface area (Å²) in [6.07, 6.45) is 4.96. The molecule has 1 unspecified atom stereocenters. The predicted octanol–water partition coefficient (Wildman–Crippen LogP) is 4.05. The molecular weight excluding hydrogens is 400 g/mol. The number of hydrogen-bond acceptors (Lipinski definition) is 4. The van der Waals surface area contributed by atoms with Crippen molar-refractivity contribution in [1.29, 1.82) is 0 Å². The van der Waals surface area contributed by atoms with E-state index in [-0.39, 0.29) is 16.8 Å². The third-order valence-electron chi connectivity index (χ3n) is 5.26. The van der Waals surface area contributed by atoms with Crippen LogP contribution in [0.25, 0.3) is 0 Å². The van der Waals surface area contributed by atoms with E-state index >= 15 is 0 Å². The molecular formula is C23H30N2O4S. The van der Waals surface area contributed by atoms with Gasteiger partial charge in [0.25, 0.3) is 15.9 Å². The minimum Gasteiger partial charge on any atom is -0.379 e. The van der Waals surface area contributed by atoms with Gasteiger partial charge in [-0.05, 0) is 68.0 Å². The standard InChI is InChI=1S/C23H30N2O4S/c1-3-4-6-18-9-12-20(13-10-18)25-30(27,28)22-15-19(11-8-17(22)2)23(26)24-21-7-5-14-29-16-21/h8-13,15,21,25H,3-7,14,16H2,1-2H3,(H,24,26). The highest BCUT2D eigenvalue weighted by molar-refractivity contribution is 7.92. The number of nitrogens with one attached hydrogen (secondary N) is 2.